The van der Waals surface area contributed by atoms with Gasteiger partial charge in [0.25, 0.3) is 0 Å². The number of carbonyl (C=O) groups is 1. The first-order valence-corrected chi connectivity index (χ1v) is 12.9. The maximum absolute atomic E-state index is 12.3. The summed E-state index contributed by atoms with van der Waals surface area (Å²) in [6.45, 7) is 5.88. The van der Waals surface area contributed by atoms with Crippen LogP contribution < -0.4 is 11.1 Å². The number of benzene rings is 2. The molecule has 2 aromatic heterocycles. The Balaban J connectivity index is 1.35. The van der Waals surface area contributed by atoms with Gasteiger partial charge in [-0.25, -0.2) is 4.79 Å². The molecule has 4 aromatic rings. The third-order valence-corrected chi connectivity index (χ3v) is 7.79. The van der Waals surface area contributed by atoms with Crippen molar-refractivity contribution in [1.82, 2.24) is 9.72 Å². The van der Waals surface area contributed by atoms with Crippen LogP contribution in [0, 0.1) is 19.8 Å². The molecule has 1 atom stereocenters. The number of amides is 1. The highest BCUT2D eigenvalue weighted by Crippen LogP contribution is 2.45. The van der Waals surface area contributed by atoms with E-state index < -0.39 is 6.09 Å². The number of hydrogen-bond acceptors (Lipinski definition) is 5. The van der Waals surface area contributed by atoms with E-state index in [4.69, 9.17) is 15.0 Å². The van der Waals surface area contributed by atoms with E-state index in [0.717, 1.165) is 76.1 Å². The van der Waals surface area contributed by atoms with Crippen molar-refractivity contribution in [2.24, 2.45) is 5.92 Å². The first-order valence-electron chi connectivity index (χ1n) is 12.9. The highest BCUT2D eigenvalue weighted by atomic mass is 16.6. The fourth-order valence-electron chi connectivity index (χ4n) is 5.40. The smallest absolute Gasteiger partial charge is 0.411 e. The first-order chi connectivity index (χ1) is 17.4. The molecule has 0 aliphatic heterocycles. The van der Waals surface area contributed by atoms with Crippen LogP contribution in [0.15, 0.2) is 47.0 Å². The number of fused-ring (bicyclic) bond motifs is 1. The minimum Gasteiger partial charge on any atom is -0.446 e. The number of aryl methyl sites for hydroxylation is 2. The Labute approximate surface area is 210 Å². The molecule has 2 aliphatic carbocycles. The average molecular weight is 485 g/mol. The number of nitrogen functional groups attached to an aromatic ring is 1. The van der Waals surface area contributed by atoms with Gasteiger partial charge in [-0.2, -0.15) is 0 Å². The second-order valence-corrected chi connectivity index (χ2v) is 10.3. The van der Waals surface area contributed by atoms with Crippen molar-refractivity contribution in [1.29, 1.82) is 0 Å². The van der Waals surface area contributed by atoms with Crippen molar-refractivity contribution in [2.45, 2.75) is 65.0 Å². The normalized spacial score (nSPS) is 16.6. The minimum atomic E-state index is -0.405. The zero-order valence-electron chi connectivity index (χ0n) is 21.0. The van der Waals surface area contributed by atoms with Gasteiger partial charge in [0.15, 0.2) is 0 Å². The van der Waals surface area contributed by atoms with E-state index >= 15 is 0 Å². The Morgan fingerprint density at radius 1 is 1.11 bits per heavy atom. The second-order valence-electron chi connectivity index (χ2n) is 10.3. The molecule has 0 saturated heterocycles. The first kappa shape index (κ1) is 22.7. The molecule has 0 bridgehead atoms. The molecule has 3 N–H and O–H groups in total. The molecular weight excluding hydrogens is 452 g/mol. The van der Waals surface area contributed by atoms with Crippen LogP contribution in [0.25, 0.3) is 33.3 Å². The summed E-state index contributed by atoms with van der Waals surface area (Å²) in [7, 11) is 0. The number of hydrogen-bond donors (Lipinski definition) is 2. The van der Waals surface area contributed by atoms with E-state index in [1.807, 2.05) is 45.0 Å². The van der Waals surface area contributed by atoms with Gasteiger partial charge in [-0.1, -0.05) is 29.4 Å². The molecule has 2 aromatic carbocycles. The molecule has 2 heterocycles. The van der Waals surface area contributed by atoms with Gasteiger partial charge in [-0.3, -0.25) is 5.32 Å². The Morgan fingerprint density at radius 2 is 1.83 bits per heavy atom. The lowest BCUT2D eigenvalue weighted by Crippen LogP contribution is -2.21. The summed E-state index contributed by atoms with van der Waals surface area (Å²) in [5.41, 5.74) is 14.5. The van der Waals surface area contributed by atoms with Crippen molar-refractivity contribution in [3.05, 3.63) is 53.9 Å². The SMILES string of the molecule is Cc1noc(C)c1-c1ccc2c(N)c(-c3ccc(NC(=O)O[C@H](C)C4CC4)cc3)n(C3CCC3)c2c1. The van der Waals surface area contributed by atoms with Crippen LogP contribution in [0.1, 0.15) is 56.5 Å². The van der Waals surface area contributed by atoms with Crippen molar-refractivity contribution < 1.29 is 14.1 Å². The summed E-state index contributed by atoms with van der Waals surface area (Å²) in [6.07, 6.45) is 5.32. The largest absolute Gasteiger partial charge is 0.446 e. The fraction of sp³-hybridized carbons (Fsp3) is 0.379. The molecule has 7 nitrogen and oxygen atoms in total. The number of anilines is 2. The highest BCUT2D eigenvalue weighted by molar-refractivity contribution is 6.03. The maximum atomic E-state index is 12.3. The van der Waals surface area contributed by atoms with Gasteiger partial charge in [0.05, 0.1) is 22.6 Å². The van der Waals surface area contributed by atoms with E-state index in [1.54, 1.807) is 0 Å². The minimum absolute atomic E-state index is 0.0439. The molecular formula is C29H32N4O3. The summed E-state index contributed by atoms with van der Waals surface area (Å²) in [5.74, 6) is 1.32. The lowest BCUT2D eigenvalue weighted by atomic mass is 9.92. The Kier molecular flexibility index (Phi) is 5.51. The summed E-state index contributed by atoms with van der Waals surface area (Å²) in [5, 5.41) is 8.04. The number of rotatable bonds is 6. The third-order valence-electron chi connectivity index (χ3n) is 7.79. The zero-order valence-corrected chi connectivity index (χ0v) is 21.0. The maximum Gasteiger partial charge on any atom is 0.411 e. The van der Waals surface area contributed by atoms with E-state index in [0.29, 0.717) is 17.6 Å². The van der Waals surface area contributed by atoms with Crippen LogP contribution >= 0.6 is 0 Å². The molecule has 6 rings (SSSR count). The van der Waals surface area contributed by atoms with Crippen LogP contribution in [-0.2, 0) is 4.74 Å². The van der Waals surface area contributed by atoms with Crippen LogP contribution in [-0.4, -0.2) is 21.9 Å². The lowest BCUT2D eigenvalue weighted by Gasteiger charge is -2.30. The summed E-state index contributed by atoms with van der Waals surface area (Å²) >= 11 is 0. The second kappa shape index (κ2) is 8.73. The highest BCUT2D eigenvalue weighted by Gasteiger charge is 2.31. The number of nitrogens with one attached hydrogen (secondary N) is 1. The molecule has 186 valence electrons. The van der Waals surface area contributed by atoms with Gasteiger partial charge in [0, 0.05) is 28.2 Å². The molecule has 2 saturated carbocycles. The molecule has 0 spiro atoms. The van der Waals surface area contributed by atoms with Gasteiger partial charge in [-0.15, -0.1) is 0 Å². The number of carbonyl (C=O) groups excluding carboxylic acids is 1. The molecule has 7 heteroatoms. The van der Waals surface area contributed by atoms with E-state index in [9.17, 15) is 4.79 Å². The summed E-state index contributed by atoms with van der Waals surface area (Å²) in [6, 6.07) is 14.7. The predicted molar refractivity (Wildman–Crippen MR) is 142 cm³/mol. The number of aromatic nitrogens is 2. The zero-order chi connectivity index (χ0) is 25.0. The fourth-order valence-corrected chi connectivity index (χ4v) is 5.40. The number of nitrogens with two attached hydrogens (primary N) is 1. The topological polar surface area (TPSA) is 95.3 Å². The molecule has 0 radical (unpaired) electrons. The Bertz CT molecular complexity index is 1420. The van der Waals surface area contributed by atoms with Crippen LogP contribution in [0.5, 0.6) is 0 Å². The number of nitrogens with zero attached hydrogens (tertiary/aromatic N) is 2. The van der Waals surface area contributed by atoms with Gasteiger partial charge < -0.3 is 19.6 Å². The molecule has 0 unspecified atom stereocenters. The Hall–Kier alpha value is -3.74. The van der Waals surface area contributed by atoms with E-state index in [2.05, 4.69) is 33.2 Å². The van der Waals surface area contributed by atoms with Crippen LogP contribution in [0.3, 0.4) is 0 Å². The Morgan fingerprint density at radius 3 is 2.44 bits per heavy atom. The van der Waals surface area contributed by atoms with E-state index in [1.165, 1.54) is 6.42 Å². The molecule has 2 aliphatic rings. The molecule has 1 amide bonds. The predicted octanol–water partition coefficient (Wildman–Crippen LogP) is 7.23. The van der Waals surface area contributed by atoms with Gasteiger partial charge in [-0.05, 0) is 82.6 Å². The van der Waals surface area contributed by atoms with Crippen molar-refractivity contribution in [3.63, 3.8) is 0 Å². The van der Waals surface area contributed by atoms with Crippen LogP contribution in [0.4, 0.5) is 16.2 Å². The van der Waals surface area contributed by atoms with E-state index in [-0.39, 0.29) is 6.10 Å². The lowest BCUT2D eigenvalue weighted by molar-refractivity contribution is 0.108. The number of ether oxygens (including phenoxy) is 1. The van der Waals surface area contributed by atoms with Crippen molar-refractivity contribution in [2.75, 3.05) is 11.1 Å². The summed E-state index contributed by atoms with van der Waals surface area (Å²) < 4.78 is 13.3. The van der Waals surface area contributed by atoms with Crippen molar-refractivity contribution >= 4 is 28.4 Å². The monoisotopic (exact) mass is 484 g/mol. The van der Waals surface area contributed by atoms with Gasteiger partial charge >= 0.3 is 6.09 Å². The van der Waals surface area contributed by atoms with Gasteiger partial charge in [0.1, 0.15) is 11.9 Å². The van der Waals surface area contributed by atoms with Crippen LogP contribution in [0.2, 0.25) is 0 Å². The third kappa shape index (κ3) is 3.92. The summed E-state index contributed by atoms with van der Waals surface area (Å²) in [4.78, 5) is 12.3. The quantitative estimate of drug-likeness (QED) is 0.301. The molecule has 2 fully saturated rings. The average Bonchev–Trinajstić information content (AvgIpc) is 3.57. The standard InChI is InChI=1S/C29H32N4O3/c1-16-26(18(3)36-32-16)21-11-14-24-25(15-21)33(23-5-4-6-23)28(27(24)30)20-9-12-22(13-10-20)31-29(34)35-17(2)19-7-8-19/h9-15,17,19,23H,4-8,30H2,1-3H3,(H,31,34)/t17-/m1/s1. The molecule has 36 heavy (non-hydrogen) atoms. The van der Waals surface area contributed by atoms with Gasteiger partial charge in [0.2, 0.25) is 0 Å². The van der Waals surface area contributed by atoms with Crippen molar-refractivity contribution in [3.8, 4) is 22.4 Å².